The SMILES string of the molecule is O=C(CCc1ccc(S(=O)(=O)N2CCCCCC2)cc1)Nc1ccnc2ccnn12. The number of carbonyl (C=O) groups excluding carboxylic acids is 1. The number of nitrogens with zero attached hydrogens (tertiary/aromatic N) is 4. The van der Waals surface area contributed by atoms with Crippen molar-refractivity contribution in [2.45, 2.75) is 43.4 Å². The number of hydrogen-bond donors (Lipinski definition) is 1. The summed E-state index contributed by atoms with van der Waals surface area (Å²) in [6, 6.07) is 10.3. The Morgan fingerprint density at radius 3 is 2.43 bits per heavy atom. The Bertz CT molecular complexity index is 1120. The van der Waals surface area contributed by atoms with Crippen molar-refractivity contribution in [3.63, 3.8) is 0 Å². The van der Waals surface area contributed by atoms with Crippen LogP contribution in [0.4, 0.5) is 5.82 Å². The van der Waals surface area contributed by atoms with E-state index in [1.165, 1.54) is 0 Å². The molecule has 9 heteroatoms. The van der Waals surface area contributed by atoms with E-state index >= 15 is 0 Å². The number of amides is 1. The molecule has 1 aliphatic heterocycles. The van der Waals surface area contributed by atoms with Crippen molar-refractivity contribution in [2.24, 2.45) is 0 Å². The van der Waals surface area contributed by atoms with Gasteiger partial charge in [0.25, 0.3) is 0 Å². The average molecular weight is 428 g/mol. The second-order valence-corrected chi connectivity index (χ2v) is 9.38. The van der Waals surface area contributed by atoms with Crippen LogP contribution in [-0.2, 0) is 21.2 Å². The molecule has 1 fully saturated rings. The Kier molecular flexibility index (Phi) is 6.10. The van der Waals surface area contributed by atoms with Crippen LogP contribution >= 0.6 is 0 Å². The molecule has 0 spiro atoms. The van der Waals surface area contributed by atoms with E-state index in [-0.39, 0.29) is 12.3 Å². The molecule has 1 amide bonds. The maximum atomic E-state index is 12.9. The molecular formula is C21H25N5O3S. The van der Waals surface area contributed by atoms with Gasteiger partial charge in [-0.2, -0.15) is 13.9 Å². The third-order valence-corrected chi connectivity index (χ3v) is 7.24. The molecule has 0 radical (unpaired) electrons. The summed E-state index contributed by atoms with van der Waals surface area (Å²) in [6.07, 6.45) is 8.03. The Morgan fingerprint density at radius 2 is 1.70 bits per heavy atom. The summed E-state index contributed by atoms with van der Waals surface area (Å²) in [5.41, 5.74) is 1.58. The number of sulfonamides is 1. The average Bonchev–Trinajstić information content (AvgIpc) is 3.06. The van der Waals surface area contributed by atoms with Crippen LogP contribution in [0.2, 0.25) is 0 Å². The Morgan fingerprint density at radius 1 is 0.967 bits per heavy atom. The largest absolute Gasteiger partial charge is 0.311 e. The van der Waals surface area contributed by atoms with Crippen LogP contribution in [0.15, 0.2) is 53.7 Å². The first-order valence-corrected chi connectivity index (χ1v) is 11.7. The number of anilines is 1. The second-order valence-electron chi connectivity index (χ2n) is 7.44. The monoisotopic (exact) mass is 427 g/mol. The standard InChI is InChI=1S/C21H25N5O3S/c27-21(24-20-11-13-22-19-12-14-23-26(19)20)10-7-17-5-8-18(9-6-17)30(28,29)25-15-3-1-2-4-16-25/h5-6,8-9,11-14H,1-4,7,10,15-16H2,(H,24,27). The summed E-state index contributed by atoms with van der Waals surface area (Å²) in [5, 5.41) is 6.99. The van der Waals surface area contributed by atoms with Crippen LogP contribution in [0.5, 0.6) is 0 Å². The lowest BCUT2D eigenvalue weighted by Crippen LogP contribution is -2.31. The van der Waals surface area contributed by atoms with Gasteiger partial charge in [0, 0.05) is 31.8 Å². The van der Waals surface area contributed by atoms with Crippen molar-refractivity contribution in [2.75, 3.05) is 18.4 Å². The molecule has 1 aromatic carbocycles. The highest BCUT2D eigenvalue weighted by Gasteiger charge is 2.24. The number of nitrogens with one attached hydrogen (secondary N) is 1. The van der Waals surface area contributed by atoms with Crippen molar-refractivity contribution in [1.82, 2.24) is 18.9 Å². The molecule has 1 saturated heterocycles. The highest BCUT2D eigenvalue weighted by atomic mass is 32.2. The predicted molar refractivity (Wildman–Crippen MR) is 114 cm³/mol. The lowest BCUT2D eigenvalue weighted by molar-refractivity contribution is -0.116. The molecule has 1 N–H and O–H groups in total. The van der Waals surface area contributed by atoms with Gasteiger partial charge in [0.2, 0.25) is 15.9 Å². The van der Waals surface area contributed by atoms with Crippen LogP contribution in [0.3, 0.4) is 0 Å². The van der Waals surface area contributed by atoms with E-state index in [1.807, 2.05) is 0 Å². The van der Waals surface area contributed by atoms with Gasteiger partial charge in [-0.25, -0.2) is 13.4 Å². The third kappa shape index (κ3) is 4.52. The molecule has 158 valence electrons. The lowest BCUT2D eigenvalue weighted by Gasteiger charge is -2.20. The second kappa shape index (κ2) is 8.93. The van der Waals surface area contributed by atoms with E-state index in [9.17, 15) is 13.2 Å². The minimum Gasteiger partial charge on any atom is -0.311 e. The Hall–Kier alpha value is -2.78. The normalized spacial score (nSPS) is 15.7. The summed E-state index contributed by atoms with van der Waals surface area (Å²) in [4.78, 5) is 16.8. The summed E-state index contributed by atoms with van der Waals surface area (Å²) in [7, 11) is -3.45. The topological polar surface area (TPSA) is 96.7 Å². The summed E-state index contributed by atoms with van der Waals surface area (Å²) in [6.45, 7) is 1.17. The summed E-state index contributed by atoms with van der Waals surface area (Å²) >= 11 is 0. The molecule has 3 heterocycles. The van der Waals surface area contributed by atoms with Gasteiger partial charge in [-0.1, -0.05) is 25.0 Å². The molecule has 0 unspecified atom stereocenters. The zero-order valence-electron chi connectivity index (χ0n) is 16.7. The fourth-order valence-corrected chi connectivity index (χ4v) is 5.17. The number of aromatic nitrogens is 3. The fourth-order valence-electron chi connectivity index (χ4n) is 3.65. The Balaban J connectivity index is 1.36. The van der Waals surface area contributed by atoms with Gasteiger partial charge in [0.15, 0.2) is 5.65 Å². The minimum atomic E-state index is -3.45. The van der Waals surface area contributed by atoms with Crippen molar-refractivity contribution < 1.29 is 13.2 Å². The first-order valence-electron chi connectivity index (χ1n) is 10.2. The van der Waals surface area contributed by atoms with Crippen molar-refractivity contribution in [3.05, 3.63) is 54.4 Å². The molecule has 0 bridgehead atoms. The number of fused-ring (bicyclic) bond motifs is 1. The number of hydrogen-bond acceptors (Lipinski definition) is 5. The molecule has 3 aromatic rings. The number of benzene rings is 1. The van der Waals surface area contributed by atoms with E-state index in [4.69, 9.17) is 0 Å². The van der Waals surface area contributed by atoms with Gasteiger partial charge in [0.1, 0.15) is 5.82 Å². The third-order valence-electron chi connectivity index (χ3n) is 5.32. The van der Waals surface area contributed by atoms with Crippen LogP contribution in [-0.4, -0.2) is 46.3 Å². The zero-order chi connectivity index (χ0) is 21.0. The highest BCUT2D eigenvalue weighted by molar-refractivity contribution is 7.89. The molecule has 4 rings (SSSR count). The van der Waals surface area contributed by atoms with Crippen molar-refractivity contribution >= 4 is 27.4 Å². The van der Waals surface area contributed by atoms with Gasteiger partial charge >= 0.3 is 0 Å². The quantitative estimate of drug-likeness (QED) is 0.652. The van der Waals surface area contributed by atoms with Crippen LogP contribution in [0.25, 0.3) is 5.65 Å². The van der Waals surface area contributed by atoms with Crippen LogP contribution in [0, 0.1) is 0 Å². The van der Waals surface area contributed by atoms with Gasteiger partial charge in [0.05, 0.1) is 11.1 Å². The van der Waals surface area contributed by atoms with Gasteiger partial charge in [-0.15, -0.1) is 0 Å². The van der Waals surface area contributed by atoms with Crippen LogP contribution < -0.4 is 5.32 Å². The predicted octanol–water partition coefficient (Wildman–Crippen LogP) is 2.87. The van der Waals surface area contributed by atoms with E-state index in [0.717, 1.165) is 31.2 Å². The van der Waals surface area contributed by atoms with Gasteiger partial charge < -0.3 is 5.32 Å². The smallest absolute Gasteiger partial charge is 0.243 e. The van der Waals surface area contributed by atoms with Crippen LogP contribution in [0.1, 0.15) is 37.7 Å². The molecule has 2 aromatic heterocycles. The molecular weight excluding hydrogens is 402 g/mol. The number of carbonyl (C=O) groups is 1. The fraction of sp³-hybridized carbons (Fsp3) is 0.381. The first-order chi connectivity index (χ1) is 14.5. The zero-order valence-corrected chi connectivity index (χ0v) is 17.5. The Labute approximate surface area is 176 Å². The molecule has 0 atom stereocenters. The van der Waals surface area contributed by atoms with Gasteiger partial charge in [-0.05, 0) is 43.0 Å². The molecule has 8 nitrogen and oxygen atoms in total. The van der Waals surface area contributed by atoms with Crippen molar-refractivity contribution in [3.8, 4) is 0 Å². The number of aryl methyl sites for hydroxylation is 1. The summed E-state index contributed by atoms with van der Waals surface area (Å²) < 4.78 is 28.9. The van der Waals surface area contributed by atoms with E-state index in [2.05, 4.69) is 15.4 Å². The van der Waals surface area contributed by atoms with Crippen molar-refractivity contribution in [1.29, 1.82) is 0 Å². The molecule has 0 aliphatic carbocycles. The van der Waals surface area contributed by atoms with E-state index in [0.29, 0.717) is 35.9 Å². The maximum absolute atomic E-state index is 12.9. The maximum Gasteiger partial charge on any atom is 0.243 e. The minimum absolute atomic E-state index is 0.140. The lowest BCUT2D eigenvalue weighted by atomic mass is 10.1. The number of rotatable bonds is 6. The first kappa shape index (κ1) is 20.5. The van der Waals surface area contributed by atoms with E-state index in [1.54, 1.807) is 57.6 Å². The van der Waals surface area contributed by atoms with E-state index < -0.39 is 10.0 Å². The highest BCUT2D eigenvalue weighted by Crippen LogP contribution is 2.21. The summed E-state index contributed by atoms with van der Waals surface area (Å²) in [5.74, 6) is 0.424. The molecule has 1 aliphatic rings. The molecule has 0 saturated carbocycles. The van der Waals surface area contributed by atoms with Gasteiger partial charge in [-0.3, -0.25) is 4.79 Å². The molecule has 30 heavy (non-hydrogen) atoms.